The minimum Gasteiger partial charge on any atom is -0.358 e. The largest absolute Gasteiger partial charge is 0.358 e. The van der Waals surface area contributed by atoms with E-state index in [1.165, 1.54) is 66.2 Å². The molecule has 1 unspecified atom stereocenters. The van der Waals surface area contributed by atoms with Crippen LogP contribution in [-0.4, -0.2) is 4.98 Å². The van der Waals surface area contributed by atoms with Crippen LogP contribution in [0.15, 0.2) is 48.5 Å². The molecule has 1 nitrogen and oxygen atoms in total. The van der Waals surface area contributed by atoms with E-state index in [1.807, 2.05) is 0 Å². The van der Waals surface area contributed by atoms with E-state index in [0.29, 0.717) is 11.3 Å². The van der Waals surface area contributed by atoms with Gasteiger partial charge in [0.2, 0.25) is 0 Å². The fraction of sp³-hybridized carbons (Fsp3) is 0.391. The Kier molecular flexibility index (Phi) is 3.13. The molecule has 1 fully saturated rings. The SMILES string of the molecule is Cc1ccc(C2CC3(CCCCC3)c3c2[nH]c2ccccc32)cc1. The lowest BCUT2D eigenvalue weighted by molar-refractivity contribution is 0.287. The number of benzene rings is 2. The maximum absolute atomic E-state index is 3.81. The van der Waals surface area contributed by atoms with E-state index in [4.69, 9.17) is 0 Å². The van der Waals surface area contributed by atoms with Gasteiger partial charge in [-0.3, -0.25) is 0 Å². The van der Waals surface area contributed by atoms with Crippen LogP contribution >= 0.6 is 0 Å². The molecule has 0 bridgehead atoms. The molecular formula is C23H25N. The Hall–Kier alpha value is -2.02. The molecule has 3 aromatic rings. The van der Waals surface area contributed by atoms with E-state index in [1.54, 1.807) is 5.56 Å². The second kappa shape index (κ2) is 5.24. The van der Waals surface area contributed by atoms with Crippen LogP contribution in [0.3, 0.4) is 0 Å². The van der Waals surface area contributed by atoms with Crippen molar-refractivity contribution in [2.75, 3.05) is 0 Å². The zero-order chi connectivity index (χ0) is 16.1. The Bertz CT molecular complexity index is 878. The lowest BCUT2D eigenvalue weighted by Crippen LogP contribution is -2.26. The highest BCUT2D eigenvalue weighted by Gasteiger charge is 2.46. The third kappa shape index (κ3) is 2.00. The van der Waals surface area contributed by atoms with E-state index in [9.17, 15) is 0 Å². The van der Waals surface area contributed by atoms with Crippen molar-refractivity contribution in [3.05, 3.63) is 70.9 Å². The third-order valence-corrected chi connectivity index (χ3v) is 6.50. The van der Waals surface area contributed by atoms with Crippen LogP contribution in [0.25, 0.3) is 10.9 Å². The number of aromatic nitrogens is 1. The molecule has 1 heterocycles. The van der Waals surface area contributed by atoms with Crippen LogP contribution in [0.4, 0.5) is 0 Å². The second-order valence-corrected chi connectivity index (χ2v) is 7.97. The normalized spacial score (nSPS) is 22.1. The third-order valence-electron chi connectivity index (χ3n) is 6.50. The lowest BCUT2D eigenvalue weighted by Gasteiger charge is -2.35. The summed E-state index contributed by atoms with van der Waals surface area (Å²) < 4.78 is 0. The van der Waals surface area contributed by atoms with Crippen LogP contribution in [0, 0.1) is 6.92 Å². The van der Waals surface area contributed by atoms with Crippen molar-refractivity contribution in [2.24, 2.45) is 0 Å². The maximum Gasteiger partial charge on any atom is 0.0459 e. The van der Waals surface area contributed by atoms with Crippen LogP contribution in [0.5, 0.6) is 0 Å². The van der Waals surface area contributed by atoms with Crippen LogP contribution < -0.4 is 0 Å². The number of nitrogens with one attached hydrogen (secondary N) is 1. The Labute approximate surface area is 144 Å². The number of hydrogen-bond acceptors (Lipinski definition) is 0. The molecular weight excluding hydrogens is 290 g/mol. The molecule has 1 spiro atoms. The predicted octanol–water partition coefficient (Wildman–Crippen LogP) is 6.21. The van der Waals surface area contributed by atoms with Crippen LogP contribution in [-0.2, 0) is 5.41 Å². The van der Waals surface area contributed by atoms with Crippen molar-refractivity contribution in [1.29, 1.82) is 0 Å². The summed E-state index contributed by atoms with van der Waals surface area (Å²) in [5, 5.41) is 1.48. The molecule has 0 saturated heterocycles. The summed E-state index contributed by atoms with van der Waals surface area (Å²) in [5.74, 6) is 0.533. The van der Waals surface area contributed by atoms with Crippen molar-refractivity contribution >= 4 is 10.9 Å². The summed E-state index contributed by atoms with van der Waals surface area (Å²) in [6.07, 6.45) is 8.21. The van der Waals surface area contributed by atoms with Gasteiger partial charge in [-0.05, 0) is 48.8 Å². The molecule has 1 saturated carbocycles. The van der Waals surface area contributed by atoms with Gasteiger partial charge in [0.1, 0.15) is 0 Å². The summed E-state index contributed by atoms with van der Waals surface area (Å²) >= 11 is 0. The van der Waals surface area contributed by atoms with Gasteiger partial charge in [-0.25, -0.2) is 0 Å². The lowest BCUT2D eigenvalue weighted by atomic mass is 9.69. The van der Waals surface area contributed by atoms with Gasteiger partial charge in [0.25, 0.3) is 0 Å². The van der Waals surface area contributed by atoms with Gasteiger partial charge in [-0.2, -0.15) is 0 Å². The first kappa shape index (κ1) is 14.3. The molecule has 24 heavy (non-hydrogen) atoms. The molecule has 5 rings (SSSR count). The molecule has 0 aliphatic heterocycles. The first-order valence-electron chi connectivity index (χ1n) is 9.44. The van der Waals surface area contributed by atoms with Crippen LogP contribution in [0.2, 0.25) is 0 Å². The smallest absolute Gasteiger partial charge is 0.0459 e. The zero-order valence-corrected chi connectivity index (χ0v) is 14.4. The fourth-order valence-electron chi connectivity index (χ4n) is 5.36. The molecule has 1 N–H and O–H groups in total. The summed E-state index contributed by atoms with van der Waals surface area (Å²) in [7, 11) is 0. The second-order valence-electron chi connectivity index (χ2n) is 7.97. The van der Waals surface area contributed by atoms with Gasteiger partial charge in [0.15, 0.2) is 0 Å². The van der Waals surface area contributed by atoms with Gasteiger partial charge in [0, 0.05) is 22.5 Å². The molecule has 122 valence electrons. The number of H-pyrrole nitrogens is 1. The predicted molar refractivity (Wildman–Crippen MR) is 101 cm³/mol. The van der Waals surface area contributed by atoms with Gasteiger partial charge in [-0.1, -0.05) is 67.3 Å². The first-order valence-corrected chi connectivity index (χ1v) is 9.44. The molecule has 1 heteroatoms. The Morgan fingerprint density at radius 2 is 1.67 bits per heavy atom. The molecule has 2 aliphatic carbocycles. The van der Waals surface area contributed by atoms with Gasteiger partial charge < -0.3 is 4.98 Å². The highest BCUT2D eigenvalue weighted by atomic mass is 14.8. The van der Waals surface area contributed by atoms with E-state index in [0.717, 1.165) is 0 Å². The van der Waals surface area contributed by atoms with Crippen molar-refractivity contribution in [3.63, 3.8) is 0 Å². The highest BCUT2D eigenvalue weighted by molar-refractivity contribution is 5.87. The number of rotatable bonds is 1. The molecule has 2 aliphatic rings. The van der Waals surface area contributed by atoms with E-state index in [-0.39, 0.29) is 0 Å². The topological polar surface area (TPSA) is 15.8 Å². The van der Waals surface area contributed by atoms with Gasteiger partial charge in [-0.15, -0.1) is 0 Å². The van der Waals surface area contributed by atoms with E-state index >= 15 is 0 Å². The van der Waals surface area contributed by atoms with Crippen LogP contribution in [0.1, 0.15) is 66.8 Å². The number of fused-ring (bicyclic) bond motifs is 4. The Morgan fingerprint density at radius 3 is 2.46 bits per heavy atom. The van der Waals surface area contributed by atoms with E-state index in [2.05, 4.69) is 60.4 Å². The quantitative estimate of drug-likeness (QED) is 0.549. The molecule has 0 amide bonds. The first-order chi connectivity index (χ1) is 11.8. The highest BCUT2D eigenvalue weighted by Crippen LogP contribution is 2.57. The number of hydrogen-bond donors (Lipinski definition) is 1. The van der Waals surface area contributed by atoms with Gasteiger partial charge >= 0.3 is 0 Å². The number of para-hydroxylation sites is 1. The number of aryl methyl sites for hydroxylation is 1. The van der Waals surface area contributed by atoms with Crippen molar-refractivity contribution in [1.82, 2.24) is 4.98 Å². The summed E-state index contributed by atoms with van der Waals surface area (Å²) in [6.45, 7) is 2.18. The van der Waals surface area contributed by atoms with Crippen molar-refractivity contribution in [3.8, 4) is 0 Å². The number of aromatic amines is 1. The fourth-order valence-corrected chi connectivity index (χ4v) is 5.36. The Balaban J connectivity index is 1.72. The minimum atomic E-state index is 0.405. The summed E-state index contributed by atoms with van der Waals surface area (Å²) in [4.78, 5) is 3.81. The molecule has 1 aromatic heterocycles. The van der Waals surface area contributed by atoms with Crippen molar-refractivity contribution in [2.45, 2.75) is 56.8 Å². The van der Waals surface area contributed by atoms with Crippen molar-refractivity contribution < 1.29 is 0 Å². The maximum atomic E-state index is 3.81. The molecule has 2 aromatic carbocycles. The standard InChI is InChI=1S/C23H25N/c1-16-9-11-17(12-10-16)19-15-23(13-5-2-6-14-23)21-18-7-3-4-8-20(18)24-22(19)21/h3-4,7-12,19,24H,2,5-6,13-15H2,1H3. The summed E-state index contributed by atoms with van der Waals surface area (Å²) in [5.41, 5.74) is 7.72. The average molecular weight is 315 g/mol. The Morgan fingerprint density at radius 1 is 0.917 bits per heavy atom. The molecule has 0 radical (unpaired) electrons. The van der Waals surface area contributed by atoms with E-state index < -0.39 is 0 Å². The summed E-state index contributed by atoms with van der Waals surface area (Å²) in [6, 6.07) is 18.2. The van der Waals surface area contributed by atoms with Gasteiger partial charge in [0.05, 0.1) is 0 Å². The minimum absolute atomic E-state index is 0.405. The zero-order valence-electron chi connectivity index (χ0n) is 14.4. The monoisotopic (exact) mass is 315 g/mol. The molecule has 1 atom stereocenters. The average Bonchev–Trinajstić information content (AvgIpc) is 3.13.